The molecule has 28 heavy (non-hydrogen) atoms. The Morgan fingerprint density at radius 1 is 1.21 bits per heavy atom. The average Bonchev–Trinajstić information content (AvgIpc) is 2.98. The molecule has 6 nitrogen and oxygen atoms in total. The van der Waals surface area contributed by atoms with Crippen LogP contribution in [0.15, 0.2) is 47.4 Å². The standard InChI is InChI=1S/C21H26N2O4S/c1-15-5-7-19(8-6-15)27-12-11-22(4)28(25,26)20-9-10-21-18(14-20)13-16(2)23(21)17(3)24/h5-10,14,16H,11-13H2,1-4H3. The maximum Gasteiger partial charge on any atom is 0.242 e. The molecule has 1 amide bonds. The molecule has 0 spiro atoms. The Labute approximate surface area is 166 Å². The first kappa shape index (κ1) is 20.4. The number of hydrogen-bond acceptors (Lipinski definition) is 4. The third kappa shape index (κ3) is 4.05. The third-order valence-corrected chi connectivity index (χ3v) is 6.86. The molecule has 2 aromatic carbocycles. The van der Waals surface area contributed by atoms with E-state index in [2.05, 4.69) is 0 Å². The monoisotopic (exact) mass is 402 g/mol. The minimum absolute atomic E-state index is 0.0334. The van der Waals surface area contributed by atoms with Gasteiger partial charge in [-0.15, -0.1) is 0 Å². The van der Waals surface area contributed by atoms with E-state index in [-0.39, 0.29) is 30.0 Å². The number of likely N-dealkylation sites (N-methyl/N-ethyl adjacent to an activating group) is 1. The molecule has 7 heteroatoms. The van der Waals surface area contributed by atoms with Gasteiger partial charge in [-0.05, 0) is 56.2 Å². The number of carbonyl (C=O) groups excluding carboxylic acids is 1. The highest BCUT2D eigenvalue weighted by Gasteiger charge is 2.31. The quantitative estimate of drug-likeness (QED) is 0.745. The Hall–Kier alpha value is -2.38. The molecule has 1 aliphatic rings. The van der Waals surface area contributed by atoms with Crippen molar-refractivity contribution in [2.45, 2.75) is 38.1 Å². The SMILES string of the molecule is CC(=O)N1c2ccc(S(=O)(=O)N(C)CCOc3ccc(C)cc3)cc2CC1C. The molecule has 0 bridgehead atoms. The van der Waals surface area contributed by atoms with Crippen LogP contribution < -0.4 is 9.64 Å². The molecular formula is C21H26N2O4S. The number of amides is 1. The summed E-state index contributed by atoms with van der Waals surface area (Å²) in [7, 11) is -2.08. The van der Waals surface area contributed by atoms with Crippen LogP contribution in [-0.2, 0) is 21.2 Å². The van der Waals surface area contributed by atoms with Crippen LogP contribution in [0.1, 0.15) is 25.0 Å². The summed E-state index contributed by atoms with van der Waals surface area (Å²) in [5, 5.41) is 0. The molecule has 0 saturated carbocycles. The summed E-state index contributed by atoms with van der Waals surface area (Å²) in [6.07, 6.45) is 0.651. The van der Waals surface area contributed by atoms with Crippen LogP contribution in [0.4, 0.5) is 5.69 Å². The summed E-state index contributed by atoms with van der Waals surface area (Å²) in [4.78, 5) is 13.8. The largest absolute Gasteiger partial charge is 0.492 e. The summed E-state index contributed by atoms with van der Waals surface area (Å²) in [5.74, 6) is 0.680. The van der Waals surface area contributed by atoms with Crippen molar-refractivity contribution in [1.82, 2.24) is 4.31 Å². The van der Waals surface area contributed by atoms with E-state index in [1.807, 2.05) is 38.1 Å². The zero-order valence-electron chi connectivity index (χ0n) is 16.7. The summed E-state index contributed by atoms with van der Waals surface area (Å²) in [5.41, 5.74) is 2.82. The predicted molar refractivity (Wildman–Crippen MR) is 109 cm³/mol. The number of rotatable bonds is 6. The van der Waals surface area contributed by atoms with Gasteiger partial charge in [0, 0.05) is 32.2 Å². The van der Waals surface area contributed by atoms with Crippen molar-refractivity contribution in [3.63, 3.8) is 0 Å². The normalized spacial score (nSPS) is 16.3. The highest BCUT2D eigenvalue weighted by Crippen LogP contribution is 2.34. The zero-order valence-corrected chi connectivity index (χ0v) is 17.5. The topological polar surface area (TPSA) is 66.9 Å². The second-order valence-corrected chi connectivity index (χ2v) is 9.27. The van der Waals surface area contributed by atoms with Crippen molar-refractivity contribution in [2.24, 2.45) is 0 Å². The number of fused-ring (bicyclic) bond motifs is 1. The van der Waals surface area contributed by atoms with Crippen LogP contribution in [-0.4, -0.2) is 44.9 Å². The number of nitrogens with zero attached hydrogens (tertiary/aromatic N) is 2. The second-order valence-electron chi connectivity index (χ2n) is 7.22. The van der Waals surface area contributed by atoms with E-state index in [0.29, 0.717) is 12.2 Å². The van der Waals surface area contributed by atoms with Gasteiger partial charge in [-0.2, -0.15) is 4.31 Å². The zero-order chi connectivity index (χ0) is 20.5. The van der Waals surface area contributed by atoms with Gasteiger partial charge in [0.25, 0.3) is 0 Å². The summed E-state index contributed by atoms with van der Waals surface area (Å²) >= 11 is 0. The van der Waals surface area contributed by atoms with Gasteiger partial charge in [-0.25, -0.2) is 8.42 Å². The summed E-state index contributed by atoms with van der Waals surface area (Å²) < 4.78 is 32.7. The molecule has 1 aliphatic heterocycles. The van der Waals surface area contributed by atoms with Crippen LogP contribution in [0.5, 0.6) is 5.75 Å². The van der Waals surface area contributed by atoms with E-state index in [4.69, 9.17) is 4.74 Å². The highest BCUT2D eigenvalue weighted by molar-refractivity contribution is 7.89. The van der Waals surface area contributed by atoms with E-state index in [9.17, 15) is 13.2 Å². The second kappa shape index (κ2) is 7.93. The van der Waals surface area contributed by atoms with Crippen molar-refractivity contribution in [3.8, 4) is 5.75 Å². The van der Waals surface area contributed by atoms with E-state index in [1.54, 1.807) is 30.1 Å². The van der Waals surface area contributed by atoms with Crippen LogP contribution in [0.2, 0.25) is 0 Å². The van der Waals surface area contributed by atoms with Gasteiger partial charge in [-0.1, -0.05) is 17.7 Å². The Morgan fingerprint density at radius 2 is 1.89 bits per heavy atom. The van der Waals surface area contributed by atoms with Gasteiger partial charge in [-0.3, -0.25) is 4.79 Å². The van der Waals surface area contributed by atoms with Crippen molar-refractivity contribution >= 4 is 21.6 Å². The lowest BCUT2D eigenvalue weighted by Crippen LogP contribution is -2.33. The molecule has 2 aromatic rings. The Bertz CT molecular complexity index is 970. The Kier molecular flexibility index (Phi) is 5.76. The maximum absolute atomic E-state index is 12.9. The molecule has 0 aromatic heterocycles. The van der Waals surface area contributed by atoms with Crippen LogP contribution in [0, 0.1) is 6.92 Å². The molecule has 0 saturated heterocycles. The van der Waals surface area contributed by atoms with Gasteiger partial charge < -0.3 is 9.64 Å². The van der Waals surface area contributed by atoms with Gasteiger partial charge in [0.2, 0.25) is 15.9 Å². The fourth-order valence-electron chi connectivity index (χ4n) is 3.47. The van der Waals surface area contributed by atoms with Crippen molar-refractivity contribution in [1.29, 1.82) is 0 Å². The predicted octanol–water partition coefficient (Wildman–Crippen LogP) is 2.99. The number of ether oxygens (including phenoxy) is 1. The molecule has 3 rings (SSSR count). The molecule has 0 radical (unpaired) electrons. The number of hydrogen-bond donors (Lipinski definition) is 0. The molecule has 0 aliphatic carbocycles. The van der Waals surface area contributed by atoms with Gasteiger partial charge in [0.05, 0.1) is 4.90 Å². The molecule has 0 N–H and O–H groups in total. The maximum atomic E-state index is 12.9. The molecule has 150 valence electrons. The number of sulfonamides is 1. The van der Waals surface area contributed by atoms with Gasteiger partial charge >= 0.3 is 0 Å². The molecule has 1 atom stereocenters. The van der Waals surface area contributed by atoms with Crippen molar-refractivity contribution in [3.05, 3.63) is 53.6 Å². The number of anilines is 1. The van der Waals surface area contributed by atoms with Crippen LogP contribution >= 0.6 is 0 Å². The van der Waals surface area contributed by atoms with Crippen LogP contribution in [0.3, 0.4) is 0 Å². The molecule has 1 heterocycles. The first-order valence-electron chi connectivity index (χ1n) is 9.28. The minimum Gasteiger partial charge on any atom is -0.492 e. The third-order valence-electron chi connectivity index (χ3n) is 5.01. The minimum atomic E-state index is -3.63. The lowest BCUT2D eigenvalue weighted by Gasteiger charge is -2.21. The highest BCUT2D eigenvalue weighted by atomic mass is 32.2. The van der Waals surface area contributed by atoms with Crippen LogP contribution in [0.25, 0.3) is 0 Å². The van der Waals surface area contributed by atoms with E-state index >= 15 is 0 Å². The smallest absolute Gasteiger partial charge is 0.242 e. The first-order chi connectivity index (χ1) is 13.2. The van der Waals surface area contributed by atoms with E-state index in [1.165, 1.54) is 11.2 Å². The lowest BCUT2D eigenvalue weighted by molar-refractivity contribution is -0.116. The lowest BCUT2D eigenvalue weighted by atomic mass is 10.1. The van der Waals surface area contributed by atoms with Crippen molar-refractivity contribution in [2.75, 3.05) is 25.1 Å². The molecule has 0 fully saturated rings. The summed E-state index contributed by atoms with van der Waals surface area (Å²) in [6, 6.07) is 12.6. The van der Waals surface area contributed by atoms with E-state index in [0.717, 1.165) is 16.8 Å². The molecular weight excluding hydrogens is 376 g/mol. The number of carbonyl (C=O) groups is 1. The first-order valence-corrected chi connectivity index (χ1v) is 10.7. The Morgan fingerprint density at radius 3 is 2.54 bits per heavy atom. The van der Waals surface area contributed by atoms with Gasteiger partial charge in [0.15, 0.2) is 0 Å². The fraction of sp³-hybridized carbons (Fsp3) is 0.381. The van der Waals surface area contributed by atoms with Gasteiger partial charge in [0.1, 0.15) is 12.4 Å². The fourth-order valence-corrected chi connectivity index (χ4v) is 4.68. The van der Waals surface area contributed by atoms with Crippen molar-refractivity contribution < 1.29 is 17.9 Å². The summed E-state index contributed by atoms with van der Waals surface area (Å²) in [6.45, 7) is 5.99. The number of aryl methyl sites for hydroxylation is 1. The van der Waals surface area contributed by atoms with E-state index < -0.39 is 10.0 Å². The number of benzene rings is 2. The molecule has 1 unspecified atom stereocenters. The Balaban J connectivity index is 1.69. The average molecular weight is 403 g/mol.